The molecular weight excluding hydrogens is 282 g/mol. The molecule has 0 saturated carbocycles. The summed E-state index contributed by atoms with van der Waals surface area (Å²) in [5.41, 5.74) is 5.37. The Morgan fingerprint density at radius 2 is 2.20 bits per heavy atom. The molecule has 0 aliphatic heterocycles. The molecule has 1 aromatic rings. The maximum atomic E-state index is 11.9. The van der Waals surface area contributed by atoms with E-state index in [1.54, 1.807) is 25.5 Å². The number of rotatable bonds is 7. The van der Waals surface area contributed by atoms with Gasteiger partial charge in [0.15, 0.2) is 5.03 Å². The van der Waals surface area contributed by atoms with Crippen LogP contribution in [0.25, 0.3) is 0 Å². The topological polar surface area (TPSA) is 119 Å². The van der Waals surface area contributed by atoms with Gasteiger partial charge in [-0.15, -0.1) is 0 Å². The molecule has 4 N–H and O–H groups in total. The summed E-state index contributed by atoms with van der Waals surface area (Å²) >= 11 is 0. The number of sulfonamides is 1. The summed E-state index contributed by atoms with van der Waals surface area (Å²) in [7, 11) is -1.97. The number of carbonyl (C=O) groups excluding carboxylic acids is 1. The average molecular weight is 303 g/mol. The van der Waals surface area contributed by atoms with Crippen molar-refractivity contribution in [1.29, 1.82) is 0 Å². The van der Waals surface area contributed by atoms with Crippen molar-refractivity contribution in [3.63, 3.8) is 0 Å². The van der Waals surface area contributed by atoms with Gasteiger partial charge in [0.05, 0.1) is 0 Å². The summed E-state index contributed by atoms with van der Waals surface area (Å²) < 4.78 is 27.8. The van der Waals surface area contributed by atoms with E-state index in [9.17, 15) is 13.2 Å². The molecule has 0 aromatic carbocycles. The van der Waals surface area contributed by atoms with Crippen molar-refractivity contribution in [2.45, 2.75) is 31.3 Å². The fourth-order valence-electron chi connectivity index (χ4n) is 1.43. The predicted molar refractivity (Wildman–Crippen MR) is 74.4 cm³/mol. The molecule has 0 radical (unpaired) electrons. The van der Waals surface area contributed by atoms with Crippen LogP contribution in [0.4, 0.5) is 0 Å². The summed E-state index contributed by atoms with van der Waals surface area (Å²) in [6.07, 6.45) is 1.48. The third-order valence-electron chi connectivity index (χ3n) is 2.77. The van der Waals surface area contributed by atoms with E-state index in [2.05, 4.69) is 15.0 Å². The maximum absolute atomic E-state index is 11.9. The molecule has 20 heavy (non-hydrogen) atoms. The van der Waals surface area contributed by atoms with Crippen LogP contribution in [0.5, 0.6) is 0 Å². The van der Waals surface area contributed by atoms with Crippen LogP contribution in [-0.4, -0.2) is 43.0 Å². The number of nitrogens with zero attached hydrogens (tertiary/aromatic N) is 2. The Hall–Kier alpha value is -1.45. The molecule has 0 spiro atoms. The lowest BCUT2D eigenvalue weighted by atomic mass is 10.3. The van der Waals surface area contributed by atoms with E-state index in [1.165, 1.54) is 6.20 Å². The SMILES string of the molecule is Cc1nc(S(=O)(=O)NCCC(=O)N[C@@H](C)CN)cn1C. The lowest BCUT2D eigenvalue weighted by Crippen LogP contribution is -2.39. The molecule has 114 valence electrons. The monoisotopic (exact) mass is 303 g/mol. The fraction of sp³-hybridized carbons (Fsp3) is 0.636. The molecular formula is C11H21N5O3S. The van der Waals surface area contributed by atoms with E-state index in [4.69, 9.17) is 5.73 Å². The minimum absolute atomic E-state index is 0.0150. The van der Waals surface area contributed by atoms with Crippen LogP contribution in [-0.2, 0) is 21.9 Å². The van der Waals surface area contributed by atoms with E-state index in [0.29, 0.717) is 12.4 Å². The van der Waals surface area contributed by atoms with Gasteiger partial charge in [0.25, 0.3) is 10.0 Å². The molecule has 1 atom stereocenters. The lowest BCUT2D eigenvalue weighted by Gasteiger charge is -2.11. The Kier molecular flexibility index (Phi) is 5.66. The third kappa shape index (κ3) is 4.58. The van der Waals surface area contributed by atoms with Crippen LogP contribution >= 0.6 is 0 Å². The highest BCUT2D eigenvalue weighted by molar-refractivity contribution is 7.89. The zero-order valence-electron chi connectivity index (χ0n) is 11.9. The summed E-state index contributed by atoms with van der Waals surface area (Å²) in [6, 6.07) is -0.127. The van der Waals surface area contributed by atoms with Gasteiger partial charge in [0.2, 0.25) is 5.91 Å². The van der Waals surface area contributed by atoms with Gasteiger partial charge < -0.3 is 15.6 Å². The van der Waals surface area contributed by atoms with Crippen molar-refractivity contribution < 1.29 is 13.2 Å². The van der Waals surface area contributed by atoms with Crippen molar-refractivity contribution in [3.8, 4) is 0 Å². The first kappa shape index (κ1) is 16.6. The highest BCUT2D eigenvalue weighted by Crippen LogP contribution is 2.07. The number of carbonyl (C=O) groups is 1. The van der Waals surface area contributed by atoms with E-state index >= 15 is 0 Å². The minimum Gasteiger partial charge on any atom is -0.352 e. The van der Waals surface area contributed by atoms with Gasteiger partial charge in [-0.3, -0.25) is 4.79 Å². The number of hydrogen-bond acceptors (Lipinski definition) is 5. The van der Waals surface area contributed by atoms with Crippen molar-refractivity contribution in [1.82, 2.24) is 19.6 Å². The zero-order chi connectivity index (χ0) is 15.3. The van der Waals surface area contributed by atoms with Crippen LogP contribution in [0.3, 0.4) is 0 Å². The number of nitrogens with two attached hydrogens (primary N) is 1. The smallest absolute Gasteiger partial charge is 0.259 e. The van der Waals surface area contributed by atoms with Gasteiger partial charge >= 0.3 is 0 Å². The molecule has 0 aliphatic rings. The second-order valence-corrected chi connectivity index (χ2v) is 6.30. The predicted octanol–water partition coefficient (Wildman–Crippen LogP) is -1.14. The number of aryl methyl sites for hydroxylation is 2. The molecule has 8 nitrogen and oxygen atoms in total. The number of hydrogen-bond donors (Lipinski definition) is 3. The second kappa shape index (κ2) is 6.82. The van der Waals surface area contributed by atoms with Crippen molar-refractivity contribution in [3.05, 3.63) is 12.0 Å². The average Bonchev–Trinajstić information content (AvgIpc) is 2.70. The summed E-state index contributed by atoms with van der Waals surface area (Å²) in [5, 5.41) is 2.60. The van der Waals surface area contributed by atoms with E-state index in [0.717, 1.165) is 0 Å². The first-order valence-corrected chi connectivity index (χ1v) is 7.73. The van der Waals surface area contributed by atoms with Crippen LogP contribution in [0, 0.1) is 6.92 Å². The molecule has 0 aliphatic carbocycles. The summed E-state index contributed by atoms with van der Waals surface area (Å²) in [4.78, 5) is 15.4. The molecule has 9 heteroatoms. The van der Waals surface area contributed by atoms with E-state index in [-0.39, 0.29) is 29.9 Å². The summed E-state index contributed by atoms with van der Waals surface area (Å²) in [5.74, 6) is 0.350. The van der Waals surface area contributed by atoms with Gasteiger partial charge in [0.1, 0.15) is 5.82 Å². The van der Waals surface area contributed by atoms with Gasteiger partial charge in [-0.1, -0.05) is 0 Å². The van der Waals surface area contributed by atoms with E-state index < -0.39 is 10.0 Å². The minimum atomic E-state index is -3.68. The first-order chi connectivity index (χ1) is 9.26. The van der Waals surface area contributed by atoms with E-state index in [1.807, 2.05) is 0 Å². The third-order valence-corrected chi connectivity index (χ3v) is 4.10. The van der Waals surface area contributed by atoms with Gasteiger partial charge in [-0.25, -0.2) is 18.1 Å². The van der Waals surface area contributed by atoms with Crippen LogP contribution in [0.2, 0.25) is 0 Å². The van der Waals surface area contributed by atoms with Crippen molar-refractivity contribution >= 4 is 15.9 Å². The van der Waals surface area contributed by atoms with Crippen LogP contribution in [0.1, 0.15) is 19.2 Å². The van der Waals surface area contributed by atoms with Crippen LogP contribution < -0.4 is 15.8 Å². The molecule has 0 fully saturated rings. The standard InChI is InChI=1S/C11H21N5O3S/c1-8(6-12)14-10(17)4-5-13-20(18,19)11-7-16(3)9(2)15-11/h7-8,13H,4-6,12H2,1-3H3,(H,14,17)/t8-/m0/s1. The van der Waals surface area contributed by atoms with Crippen molar-refractivity contribution in [2.24, 2.45) is 12.8 Å². The molecule has 1 aromatic heterocycles. The largest absolute Gasteiger partial charge is 0.352 e. The Morgan fingerprint density at radius 3 is 2.70 bits per heavy atom. The first-order valence-electron chi connectivity index (χ1n) is 6.25. The normalized spacial score (nSPS) is 13.2. The highest BCUT2D eigenvalue weighted by Gasteiger charge is 2.18. The quantitative estimate of drug-likeness (QED) is 0.588. The van der Waals surface area contributed by atoms with Gasteiger partial charge in [0, 0.05) is 38.8 Å². The molecule has 1 heterocycles. The Balaban J connectivity index is 2.50. The lowest BCUT2D eigenvalue weighted by molar-refractivity contribution is -0.121. The Labute approximate surface area is 118 Å². The highest BCUT2D eigenvalue weighted by atomic mass is 32.2. The number of aromatic nitrogens is 2. The van der Waals surface area contributed by atoms with Gasteiger partial charge in [-0.2, -0.15) is 0 Å². The molecule has 1 amide bonds. The Bertz CT molecular complexity index is 547. The summed E-state index contributed by atoms with van der Waals surface area (Å²) in [6.45, 7) is 3.84. The number of nitrogens with one attached hydrogen (secondary N) is 2. The fourth-order valence-corrected chi connectivity index (χ4v) is 2.50. The molecule has 0 saturated heterocycles. The number of imidazole rings is 1. The molecule has 0 unspecified atom stereocenters. The Morgan fingerprint density at radius 1 is 1.55 bits per heavy atom. The van der Waals surface area contributed by atoms with Gasteiger partial charge in [-0.05, 0) is 13.8 Å². The zero-order valence-corrected chi connectivity index (χ0v) is 12.7. The van der Waals surface area contributed by atoms with Crippen LogP contribution in [0.15, 0.2) is 11.2 Å². The van der Waals surface area contributed by atoms with Crippen molar-refractivity contribution in [2.75, 3.05) is 13.1 Å². The maximum Gasteiger partial charge on any atom is 0.259 e. The second-order valence-electron chi connectivity index (χ2n) is 4.59. The molecule has 0 bridgehead atoms. The molecule has 1 rings (SSSR count). The number of amides is 1.